The number of ether oxygens (including phenoxy) is 2. The van der Waals surface area contributed by atoms with Gasteiger partial charge in [-0.1, -0.05) is 19.9 Å². The highest BCUT2D eigenvalue weighted by Crippen LogP contribution is 2.27. The lowest BCUT2D eigenvalue weighted by Crippen LogP contribution is -2.44. The van der Waals surface area contributed by atoms with Crippen LogP contribution in [0.2, 0.25) is 0 Å². The summed E-state index contributed by atoms with van der Waals surface area (Å²) in [6.07, 6.45) is 1.25. The summed E-state index contributed by atoms with van der Waals surface area (Å²) in [4.78, 5) is 14.4. The van der Waals surface area contributed by atoms with Gasteiger partial charge in [-0.15, -0.1) is 0 Å². The molecule has 5 nitrogen and oxygen atoms in total. The number of nitrogens with zero attached hydrogens (tertiary/aromatic N) is 1. The number of piperidine rings is 1. The van der Waals surface area contributed by atoms with Crippen molar-refractivity contribution >= 4 is 5.91 Å². The number of amides is 1. The van der Waals surface area contributed by atoms with Gasteiger partial charge in [-0.3, -0.25) is 9.69 Å². The molecule has 1 aromatic carbocycles. The van der Waals surface area contributed by atoms with Gasteiger partial charge in [0.05, 0.1) is 20.8 Å². The molecule has 1 saturated heterocycles. The van der Waals surface area contributed by atoms with E-state index in [2.05, 4.69) is 24.1 Å². The maximum absolute atomic E-state index is 12.2. The molecule has 1 aromatic rings. The fourth-order valence-corrected chi connectivity index (χ4v) is 3.37. The zero-order valence-electron chi connectivity index (χ0n) is 14.6. The first-order chi connectivity index (χ1) is 11.0. The number of hydrogen-bond donors (Lipinski definition) is 1. The molecule has 0 spiro atoms. The molecular weight excluding hydrogens is 292 g/mol. The third kappa shape index (κ3) is 5.13. The molecule has 2 atom stereocenters. The van der Waals surface area contributed by atoms with E-state index in [1.807, 2.05) is 18.2 Å². The molecular formula is C18H28N2O3. The highest BCUT2D eigenvalue weighted by atomic mass is 16.5. The lowest BCUT2D eigenvalue weighted by molar-refractivity contribution is -0.123. The van der Waals surface area contributed by atoms with E-state index >= 15 is 0 Å². The van der Waals surface area contributed by atoms with Crippen LogP contribution in [0.5, 0.6) is 11.5 Å². The lowest BCUT2D eigenvalue weighted by Gasteiger charge is -2.34. The fraction of sp³-hybridized carbons (Fsp3) is 0.611. The third-order valence-electron chi connectivity index (χ3n) is 4.25. The molecule has 1 aliphatic heterocycles. The van der Waals surface area contributed by atoms with Crippen LogP contribution in [0.3, 0.4) is 0 Å². The minimum atomic E-state index is 0.0704. The van der Waals surface area contributed by atoms with Gasteiger partial charge in [-0.2, -0.15) is 0 Å². The van der Waals surface area contributed by atoms with Gasteiger partial charge in [0.1, 0.15) is 0 Å². The van der Waals surface area contributed by atoms with Gasteiger partial charge in [-0.25, -0.2) is 0 Å². The number of carbonyl (C=O) groups excluding carboxylic acids is 1. The topological polar surface area (TPSA) is 50.8 Å². The van der Waals surface area contributed by atoms with E-state index < -0.39 is 0 Å². The van der Waals surface area contributed by atoms with E-state index in [-0.39, 0.29) is 5.91 Å². The number of rotatable bonds is 6. The molecule has 1 fully saturated rings. The zero-order chi connectivity index (χ0) is 16.8. The van der Waals surface area contributed by atoms with Crippen LogP contribution >= 0.6 is 0 Å². The average Bonchev–Trinajstić information content (AvgIpc) is 2.51. The van der Waals surface area contributed by atoms with Crippen molar-refractivity contribution in [3.63, 3.8) is 0 Å². The highest BCUT2D eigenvalue weighted by molar-refractivity contribution is 5.78. The van der Waals surface area contributed by atoms with Crippen molar-refractivity contribution in [1.29, 1.82) is 0 Å². The van der Waals surface area contributed by atoms with Gasteiger partial charge in [0.25, 0.3) is 0 Å². The molecule has 1 aliphatic rings. The predicted octanol–water partition coefficient (Wildman–Crippen LogP) is 2.30. The summed E-state index contributed by atoms with van der Waals surface area (Å²) in [5.41, 5.74) is 0.997. The average molecular weight is 320 g/mol. The van der Waals surface area contributed by atoms with Crippen molar-refractivity contribution < 1.29 is 14.3 Å². The normalized spacial score (nSPS) is 21.7. The molecule has 1 amide bonds. The Morgan fingerprint density at radius 3 is 2.43 bits per heavy atom. The number of likely N-dealkylation sites (tertiary alicyclic amines) is 1. The van der Waals surface area contributed by atoms with Crippen molar-refractivity contribution in [2.45, 2.75) is 26.8 Å². The van der Waals surface area contributed by atoms with Gasteiger partial charge < -0.3 is 14.8 Å². The maximum Gasteiger partial charge on any atom is 0.234 e. The van der Waals surface area contributed by atoms with Crippen molar-refractivity contribution in [3.05, 3.63) is 23.8 Å². The van der Waals surface area contributed by atoms with Crippen molar-refractivity contribution in [2.24, 2.45) is 11.8 Å². The SMILES string of the molecule is COc1ccc(CNC(=O)CN2CC(C)CC(C)C2)cc1OC. The monoisotopic (exact) mass is 320 g/mol. The second-order valence-corrected chi connectivity index (χ2v) is 6.61. The quantitative estimate of drug-likeness (QED) is 0.874. The summed E-state index contributed by atoms with van der Waals surface area (Å²) in [5, 5.41) is 2.99. The van der Waals surface area contributed by atoms with Crippen LogP contribution in [0, 0.1) is 11.8 Å². The lowest BCUT2D eigenvalue weighted by atomic mass is 9.92. The molecule has 1 heterocycles. The first-order valence-electron chi connectivity index (χ1n) is 8.21. The molecule has 0 bridgehead atoms. The Bertz CT molecular complexity index is 523. The Kier molecular flexibility index (Phi) is 6.28. The minimum Gasteiger partial charge on any atom is -0.493 e. The van der Waals surface area contributed by atoms with E-state index in [1.165, 1.54) is 6.42 Å². The third-order valence-corrected chi connectivity index (χ3v) is 4.25. The van der Waals surface area contributed by atoms with Crippen LogP contribution in [0.1, 0.15) is 25.8 Å². The number of hydrogen-bond acceptors (Lipinski definition) is 4. The molecule has 2 unspecified atom stereocenters. The molecule has 5 heteroatoms. The number of benzene rings is 1. The first-order valence-corrected chi connectivity index (χ1v) is 8.21. The van der Waals surface area contributed by atoms with Crippen LogP contribution in [0.15, 0.2) is 18.2 Å². The van der Waals surface area contributed by atoms with E-state index in [0.29, 0.717) is 36.4 Å². The number of nitrogens with one attached hydrogen (secondary N) is 1. The standard InChI is InChI=1S/C18H28N2O3/c1-13-7-14(2)11-20(10-13)12-18(21)19-9-15-5-6-16(22-3)17(8-15)23-4/h5-6,8,13-14H,7,9-12H2,1-4H3,(H,19,21). The molecule has 0 aromatic heterocycles. The summed E-state index contributed by atoms with van der Waals surface area (Å²) in [5.74, 6) is 2.77. The summed E-state index contributed by atoms with van der Waals surface area (Å²) < 4.78 is 10.5. The summed E-state index contributed by atoms with van der Waals surface area (Å²) in [6, 6.07) is 5.69. The Morgan fingerprint density at radius 1 is 1.17 bits per heavy atom. The second-order valence-electron chi connectivity index (χ2n) is 6.61. The summed E-state index contributed by atoms with van der Waals surface area (Å²) >= 11 is 0. The van der Waals surface area contributed by atoms with Gasteiger partial charge in [0.15, 0.2) is 11.5 Å². The molecule has 0 radical (unpaired) electrons. The molecule has 2 rings (SSSR count). The molecule has 0 saturated carbocycles. The maximum atomic E-state index is 12.2. The van der Waals surface area contributed by atoms with Crippen LogP contribution in [-0.2, 0) is 11.3 Å². The Labute approximate surface area is 139 Å². The smallest absolute Gasteiger partial charge is 0.234 e. The van der Waals surface area contributed by atoms with E-state index in [9.17, 15) is 4.79 Å². The Morgan fingerprint density at radius 2 is 1.83 bits per heavy atom. The fourth-order valence-electron chi connectivity index (χ4n) is 3.37. The summed E-state index contributed by atoms with van der Waals surface area (Å²) in [7, 11) is 3.22. The first kappa shape index (κ1) is 17.6. The van der Waals surface area contributed by atoms with E-state index in [4.69, 9.17) is 9.47 Å². The Balaban J connectivity index is 1.84. The van der Waals surface area contributed by atoms with Gasteiger partial charge in [-0.05, 0) is 36.0 Å². The second kappa shape index (κ2) is 8.20. The highest BCUT2D eigenvalue weighted by Gasteiger charge is 2.23. The van der Waals surface area contributed by atoms with Crippen LogP contribution < -0.4 is 14.8 Å². The number of carbonyl (C=O) groups is 1. The number of methoxy groups -OCH3 is 2. The minimum absolute atomic E-state index is 0.0704. The van der Waals surface area contributed by atoms with E-state index in [0.717, 1.165) is 18.7 Å². The molecule has 128 valence electrons. The summed E-state index contributed by atoms with van der Waals surface area (Å²) in [6.45, 7) is 7.50. The zero-order valence-corrected chi connectivity index (χ0v) is 14.6. The molecule has 0 aliphatic carbocycles. The van der Waals surface area contributed by atoms with Crippen LogP contribution in [-0.4, -0.2) is 44.7 Å². The van der Waals surface area contributed by atoms with Gasteiger partial charge >= 0.3 is 0 Å². The van der Waals surface area contributed by atoms with Crippen molar-refractivity contribution in [1.82, 2.24) is 10.2 Å². The van der Waals surface area contributed by atoms with Crippen LogP contribution in [0.25, 0.3) is 0 Å². The van der Waals surface area contributed by atoms with Gasteiger partial charge in [0.2, 0.25) is 5.91 Å². The molecule has 1 N–H and O–H groups in total. The van der Waals surface area contributed by atoms with Crippen molar-refractivity contribution in [3.8, 4) is 11.5 Å². The van der Waals surface area contributed by atoms with Crippen LogP contribution in [0.4, 0.5) is 0 Å². The Hall–Kier alpha value is -1.75. The molecule has 23 heavy (non-hydrogen) atoms. The predicted molar refractivity (Wildman–Crippen MR) is 90.8 cm³/mol. The van der Waals surface area contributed by atoms with Crippen molar-refractivity contribution in [2.75, 3.05) is 33.9 Å². The van der Waals surface area contributed by atoms with E-state index in [1.54, 1.807) is 14.2 Å². The van der Waals surface area contributed by atoms with Gasteiger partial charge in [0, 0.05) is 19.6 Å². The largest absolute Gasteiger partial charge is 0.493 e.